The van der Waals surface area contributed by atoms with E-state index in [0.717, 1.165) is 36.1 Å². The Hall–Kier alpha value is -3.78. The van der Waals surface area contributed by atoms with E-state index in [0.29, 0.717) is 18.1 Å². The molecule has 0 spiro atoms. The summed E-state index contributed by atoms with van der Waals surface area (Å²) >= 11 is 0. The largest absolute Gasteiger partial charge is 0.416 e. The van der Waals surface area contributed by atoms with Crippen molar-refractivity contribution >= 4 is 23.2 Å². The molecule has 3 heterocycles. The maximum Gasteiger partial charge on any atom is 0.416 e. The zero-order valence-electron chi connectivity index (χ0n) is 20.0. The van der Waals surface area contributed by atoms with E-state index < -0.39 is 23.0 Å². The number of nitrogens with zero attached hydrogens (tertiary/aromatic N) is 5. The normalized spacial score (nSPS) is 16.5. The van der Waals surface area contributed by atoms with Gasteiger partial charge < -0.3 is 10.6 Å². The SMILES string of the molecule is CC#CCn1c(N2CCCC(N)C2)nc2c1c(=O)n(CC=Cc1cccc(C(F)(F)F)c1)c(=O)n2C. The number of fused-ring (bicyclic) bond motifs is 1. The third-order valence-electron chi connectivity index (χ3n) is 6.18. The molecule has 1 aliphatic heterocycles. The van der Waals surface area contributed by atoms with Gasteiger partial charge in [0.1, 0.15) is 0 Å². The first-order valence-electron chi connectivity index (χ1n) is 11.6. The Bertz CT molecular complexity index is 1490. The van der Waals surface area contributed by atoms with Crippen molar-refractivity contribution < 1.29 is 13.2 Å². The van der Waals surface area contributed by atoms with E-state index in [1.807, 2.05) is 4.90 Å². The van der Waals surface area contributed by atoms with Crippen LogP contribution in [0.4, 0.5) is 19.1 Å². The van der Waals surface area contributed by atoms with Crippen LogP contribution >= 0.6 is 0 Å². The topological polar surface area (TPSA) is 91.1 Å². The Balaban J connectivity index is 1.77. The second-order valence-corrected chi connectivity index (χ2v) is 8.73. The van der Waals surface area contributed by atoms with Crippen LogP contribution in [0.3, 0.4) is 0 Å². The molecule has 11 heteroatoms. The second-order valence-electron chi connectivity index (χ2n) is 8.73. The highest BCUT2D eigenvalue weighted by atomic mass is 19.4. The summed E-state index contributed by atoms with van der Waals surface area (Å²) in [6.07, 6.45) is 0.257. The van der Waals surface area contributed by atoms with Crippen molar-refractivity contribution in [3.8, 4) is 11.8 Å². The Kier molecular flexibility index (Phi) is 7.08. The van der Waals surface area contributed by atoms with Crippen molar-refractivity contribution in [1.29, 1.82) is 0 Å². The van der Waals surface area contributed by atoms with Gasteiger partial charge in [-0.3, -0.25) is 18.5 Å². The molecule has 1 atom stereocenters. The van der Waals surface area contributed by atoms with Crippen molar-refractivity contribution in [2.75, 3.05) is 18.0 Å². The number of aryl methyl sites for hydroxylation is 1. The third kappa shape index (κ3) is 4.95. The van der Waals surface area contributed by atoms with Gasteiger partial charge in [0.05, 0.1) is 12.1 Å². The van der Waals surface area contributed by atoms with E-state index in [9.17, 15) is 22.8 Å². The molecule has 1 fully saturated rings. The molecular weight excluding hydrogens is 473 g/mol. The summed E-state index contributed by atoms with van der Waals surface area (Å²) in [6.45, 7) is 3.08. The van der Waals surface area contributed by atoms with Crippen molar-refractivity contribution in [3.63, 3.8) is 0 Å². The molecule has 0 saturated carbocycles. The second kappa shape index (κ2) is 10.1. The van der Waals surface area contributed by atoms with Gasteiger partial charge in [-0.15, -0.1) is 5.92 Å². The average Bonchev–Trinajstić information content (AvgIpc) is 3.23. The van der Waals surface area contributed by atoms with Gasteiger partial charge in [0, 0.05) is 32.7 Å². The lowest BCUT2D eigenvalue weighted by molar-refractivity contribution is -0.137. The number of benzene rings is 1. The van der Waals surface area contributed by atoms with Crippen LogP contribution in [0.5, 0.6) is 0 Å². The number of allylic oxidation sites excluding steroid dienone is 1. The van der Waals surface area contributed by atoms with Crippen molar-refractivity contribution in [2.45, 2.75) is 45.1 Å². The molecule has 190 valence electrons. The summed E-state index contributed by atoms with van der Waals surface area (Å²) in [5, 5.41) is 0. The summed E-state index contributed by atoms with van der Waals surface area (Å²) in [4.78, 5) is 33.2. The average molecular weight is 501 g/mol. The standard InChI is InChI=1S/C25H27F3N6O2/c1-3-4-13-33-20-21(30-23(33)32-12-7-11-19(29)16-32)31(2)24(36)34(22(20)35)14-6-9-17-8-5-10-18(15-17)25(26,27)28/h5-6,8-10,15,19H,7,11-14,16,29H2,1-2H3. The fourth-order valence-electron chi connectivity index (χ4n) is 4.37. The van der Waals surface area contributed by atoms with Gasteiger partial charge in [-0.2, -0.15) is 18.2 Å². The Morgan fingerprint density at radius 3 is 2.72 bits per heavy atom. The zero-order chi connectivity index (χ0) is 26.0. The van der Waals surface area contributed by atoms with Crippen LogP contribution in [0.15, 0.2) is 39.9 Å². The van der Waals surface area contributed by atoms with Crippen LogP contribution in [0.2, 0.25) is 0 Å². The molecule has 1 saturated heterocycles. The number of anilines is 1. The first kappa shape index (κ1) is 25.3. The first-order valence-corrected chi connectivity index (χ1v) is 11.6. The van der Waals surface area contributed by atoms with Crippen LogP contribution in [0.25, 0.3) is 17.2 Å². The van der Waals surface area contributed by atoms with Crippen LogP contribution in [-0.2, 0) is 26.3 Å². The molecule has 1 unspecified atom stereocenters. The highest BCUT2D eigenvalue weighted by Gasteiger charge is 2.30. The molecule has 2 N–H and O–H groups in total. The van der Waals surface area contributed by atoms with Crippen LogP contribution < -0.4 is 21.9 Å². The van der Waals surface area contributed by atoms with Crippen molar-refractivity contribution in [3.05, 3.63) is 62.3 Å². The number of piperidine rings is 1. The minimum absolute atomic E-state index is 0.0225. The number of rotatable bonds is 5. The lowest BCUT2D eigenvalue weighted by atomic mass is 10.1. The molecule has 4 rings (SSSR count). The van der Waals surface area contributed by atoms with Crippen molar-refractivity contribution in [1.82, 2.24) is 18.7 Å². The number of alkyl halides is 3. The third-order valence-corrected chi connectivity index (χ3v) is 6.18. The van der Waals surface area contributed by atoms with Crippen LogP contribution in [0.1, 0.15) is 30.9 Å². The van der Waals surface area contributed by atoms with Gasteiger partial charge in [0.2, 0.25) is 5.95 Å². The molecule has 0 bridgehead atoms. The molecule has 36 heavy (non-hydrogen) atoms. The van der Waals surface area contributed by atoms with E-state index in [-0.39, 0.29) is 30.3 Å². The zero-order valence-corrected chi connectivity index (χ0v) is 20.0. The van der Waals surface area contributed by atoms with E-state index in [4.69, 9.17) is 5.73 Å². The van der Waals surface area contributed by atoms with E-state index >= 15 is 0 Å². The van der Waals surface area contributed by atoms with Gasteiger partial charge in [-0.1, -0.05) is 30.2 Å². The summed E-state index contributed by atoms with van der Waals surface area (Å²) in [5.41, 5.74) is 5.05. The number of aromatic nitrogens is 4. The van der Waals surface area contributed by atoms with E-state index in [1.165, 1.54) is 35.9 Å². The summed E-state index contributed by atoms with van der Waals surface area (Å²) in [6, 6.07) is 4.80. The molecular formula is C25H27F3N6O2. The molecule has 0 amide bonds. The minimum atomic E-state index is -4.46. The monoisotopic (exact) mass is 500 g/mol. The summed E-state index contributed by atoms with van der Waals surface area (Å²) in [7, 11) is 1.53. The molecule has 0 aliphatic carbocycles. The number of nitrogens with two attached hydrogens (primary N) is 1. The maximum absolute atomic E-state index is 13.5. The maximum atomic E-state index is 13.5. The lowest BCUT2D eigenvalue weighted by Crippen LogP contribution is -2.44. The van der Waals surface area contributed by atoms with Gasteiger partial charge in [0.15, 0.2) is 11.2 Å². The summed E-state index contributed by atoms with van der Waals surface area (Å²) in [5.74, 6) is 6.33. The van der Waals surface area contributed by atoms with Gasteiger partial charge in [-0.25, -0.2) is 4.79 Å². The molecule has 8 nitrogen and oxygen atoms in total. The Morgan fingerprint density at radius 1 is 1.25 bits per heavy atom. The lowest BCUT2D eigenvalue weighted by Gasteiger charge is -2.31. The highest BCUT2D eigenvalue weighted by molar-refractivity contribution is 5.75. The van der Waals surface area contributed by atoms with Crippen LogP contribution in [-0.4, -0.2) is 37.8 Å². The number of imidazole rings is 1. The fourth-order valence-corrected chi connectivity index (χ4v) is 4.37. The first-order chi connectivity index (χ1) is 17.1. The Labute approximate surface area is 205 Å². The Morgan fingerprint density at radius 2 is 2.03 bits per heavy atom. The van der Waals surface area contributed by atoms with E-state index in [1.54, 1.807) is 11.5 Å². The van der Waals surface area contributed by atoms with Gasteiger partial charge >= 0.3 is 11.9 Å². The molecule has 1 aromatic carbocycles. The minimum Gasteiger partial charge on any atom is -0.341 e. The molecule has 3 aromatic rings. The molecule has 2 aromatic heterocycles. The van der Waals surface area contributed by atoms with Gasteiger partial charge in [0.25, 0.3) is 5.56 Å². The smallest absolute Gasteiger partial charge is 0.341 e. The van der Waals surface area contributed by atoms with Crippen LogP contribution in [0, 0.1) is 11.8 Å². The molecule has 1 aliphatic rings. The predicted molar refractivity (Wildman–Crippen MR) is 133 cm³/mol. The highest BCUT2D eigenvalue weighted by Crippen LogP contribution is 2.29. The van der Waals surface area contributed by atoms with E-state index in [2.05, 4.69) is 16.8 Å². The predicted octanol–water partition coefficient (Wildman–Crippen LogP) is 2.58. The number of halogens is 3. The molecule has 0 radical (unpaired) electrons. The summed E-state index contributed by atoms with van der Waals surface area (Å²) < 4.78 is 43.0. The quantitative estimate of drug-likeness (QED) is 0.544. The number of hydrogen-bond donors (Lipinski definition) is 1. The fraction of sp³-hybridized carbons (Fsp3) is 0.400. The van der Waals surface area contributed by atoms with Gasteiger partial charge in [-0.05, 0) is 37.5 Å². The number of hydrogen-bond acceptors (Lipinski definition) is 5. The van der Waals surface area contributed by atoms with Crippen molar-refractivity contribution in [2.24, 2.45) is 12.8 Å².